The summed E-state index contributed by atoms with van der Waals surface area (Å²) in [7, 11) is 1.66. The van der Waals surface area contributed by atoms with Crippen LogP contribution >= 0.6 is 11.6 Å². The third-order valence-electron chi connectivity index (χ3n) is 3.04. The van der Waals surface area contributed by atoms with Gasteiger partial charge in [-0.05, 0) is 35.9 Å². The number of benzene rings is 2. The molecule has 90 valence electrons. The van der Waals surface area contributed by atoms with Gasteiger partial charge in [0.05, 0.1) is 12.1 Å². The Morgan fingerprint density at radius 3 is 2.56 bits per heavy atom. The second-order valence-corrected chi connectivity index (χ2v) is 4.53. The van der Waals surface area contributed by atoms with Gasteiger partial charge in [-0.2, -0.15) is 0 Å². The molecule has 1 N–H and O–H groups in total. The van der Waals surface area contributed by atoms with Crippen molar-refractivity contribution >= 4 is 22.5 Å². The molecule has 3 aromatic rings. The number of hydrogen-bond donors (Lipinski definition) is 1. The van der Waals surface area contributed by atoms with Crippen molar-refractivity contribution in [3.8, 4) is 16.9 Å². The number of hydrogen-bond acceptors (Lipinski definition) is 1. The SMILES string of the molecule is COc1ccc(-c2cc3cc[nH]c3cc2Cl)cc1. The first-order chi connectivity index (χ1) is 8.78. The zero-order valence-corrected chi connectivity index (χ0v) is 10.7. The number of aromatic nitrogens is 1. The van der Waals surface area contributed by atoms with E-state index in [-0.39, 0.29) is 0 Å². The number of rotatable bonds is 2. The van der Waals surface area contributed by atoms with E-state index in [1.165, 1.54) is 0 Å². The van der Waals surface area contributed by atoms with Crippen molar-refractivity contribution in [2.24, 2.45) is 0 Å². The summed E-state index contributed by atoms with van der Waals surface area (Å²) in [4.78, 5) is 3.15. The summed E-state index contributed by atoms with van der Waals surface area (Å²) >= 11 is 6.32. The molecule has 2 aromatic carbocycles. The Labute approximate surface area is 110 Å². The first-order valence-electron chi connectivity index (χ1n) is 5.69. The first kappa shape index (κ1) is 11.2. The van der Waals surface area contributed by atoms with Crippen LogP contribution in [0.15, 0.2) is 48.7 Å². The molecule has 0 fully saturated rings. The normalized spacial score (nSPS) is 10.8. The molecule has 0 aliphatic heterocycles. The van der Waals surface area contributed by atoms with Crippen molar-refractivity contribution in [2.45, 2.75) is 0 Å². The van der Waals surface area contributed by atoms with Crippen LogP contribution in [0.5, 0.6) is 5.75 Å². The summed E-state index contributed by atoms with van der Waals surface area (Å²) in [6.07, 6.45) is 1.92. The number of aromatic amines is 1. The van der Waals surface area contributed by atoms with Crippen LogP contribution in [0.2, 0.25) is 5.02 Å². The maximum Gasteiger partial charge on any atom is 0.118 e. The van der Waals surface area contributed by atoms with Crippen LogP contribution in [0.1, 0.15) is 0 Å². The number of H-pyrrole nitrogens is 1. The lowest BCUT2D eigenvalue weighted by molar-refractivity contribution is 0.415. The van der Waals surface area contributed by atoms with Gasteiger partial charge in [0.1, 0.15) is 5.75 Å². The van der Waals surface area contributed by atoms with Gasteiger partial charge in [-0.3, -0.25) is 0 Å². The molecule has 0 aliphatic carbocycles. The van der Waals surface area contributed by atoms with Gasteiger partial charge in [-0.15, -0.1) is 0 Å². The van der Waals surface area contributed by atoms with Crippen LogP contribution in [0, 0.1) is 0 Å². The van der Waals surface area contributed by atoms with Crippen LogP contribution in [-0.2, 0) is 0 Å². The highest BCUT2D eigenvalue weighted by Crippen LogP contribution is 2.32. The number of nitrogens with one attached hydrogen (secondary N) is 1. The van der Waals surface area contributed by atoms with Crippen molar-refractivity contribution in [3.05, 3.63) is 53.7 Å². The van der Waals surface area contributed by atoms with Crippen molar-refractivity contribution in [2.75, 3.05) is 7.11 Å². The second-order valence-electron chi connectivity index (χ2n) is 4.13. The minimum atomic E-state index is 0.745. The molecule has 0 unspecified atom stereocenters. The van der Waals surface area contributed by atoms with Crippen LogP contribution in [0.25, 0.3) is 22.0 Å². The van der Waals surface area contributed by atoms with Crippen molar-refractivity contribution in [3.63, 3.8) is 0 Å². The Hall–Kier alpha value is -1.93. The predicted molar refractivity (Wildman–Crippen MR) is 75.3 cm³/mol. The molecule has 0 saturated carbocycles. The Kier molecular flexibility index (Phi) is 2.73. The van der Waals surface area contributed by atoms with Crippen molar-refractivity contribution in [1.82, 2.24) is 4.98 Å². The molecule has 0 amide bonds. The van der Waals surface area contributed by atoms with E-state index in [0.717, 1.165) is 32.8 Å². The highest BCUT2D eigenvalue weighted by atomic mass is 35.5. The average Bonchev–Trinajstić information content (AvgIpc) is 2.85. The van der Waals surface area contributed by atoms with Gasteiger partial charge >= 0.3 is 0 Å². The predicted octanol–water partition coefficient (Wildman–Crippen LogP) is 4.50. The van der Waals surface area contributed by atoms with Crippen LogP contribution in [0.3, 0.4) is 0 Å². The number of methoxy groups -OCH3 is 1. The first-order valence-corrected chi connectivity index (χ1v) is 6.07. The molecule has 3 rings (SSSR count). The minimum absolute atomic E-state index is 0.745. The van der Waals surface area contributed by atoms with Crippen LogP contribution in [-0.4, -0.2) is 12.1 Å². The zero-order chi connectivity index (χ0) is 12.5. The summed E-state index contributed by atoms with van der Waals surface area (Å²) in [5, 5.41) is 1.90. The molecular weight excluding hydrogens is 246 g/mol. The molecule has 0 radical (unpaired) electrons. The largest absolute Gasteiger partial charge is 0.497 e. The Bertz CT molecular complexity index is 685. The molecule has 3 heteroatoms. The van der Waals surface area contributed by atoms with Gasteiger partial charge in [0.2, 0.25) is 0 Å². The summed E-state index contributed by atoms with van der Waals surface area (Å²) in [5.41, 5.74) is 3.17. The topological polar surface area (TPSA) is 25.0 Å². The van der Waals surface area contributed by atoms with E-state index in [0.29, 0.717) is 0 Å². The minimum Gasteiger partial charge on any atom is -0.497 e. The third-order valence-corrected chi connectivity index (χ3v) is 3.35. The Morgan fingerprint density at radius 1 is 1.06 bits per heavy atom. The van der Waals surface area contributed by atoms with Gasteiger partial charge in [-0.1, -0.05) is 23.7 Å². The van der Waals surface area contributed by atoms with E-state index in [1.54, 1.807) is 7.11 Å². The highest BCUT2D eigenvalue weighted by Gasteiger charge is 2.06. The summed E-state index contributed by atoms with van der Waals surface area (Å²) in [6, 6.07) is 14.0. The maximum absolute atomic E-state index is 6.32. The monoisotopic (exact) mass is 257 g/mol. The van der Waals surface area contributed by atoms with E-state index in [4.69, 9.17) is 16.3 Å². The van der Waals surface area contributed by atoms with Crippen molar-refractivity contribution < 1.29 is 4.74 Å². The van der Waals surface area contributed by atoms with E-state index >= 15 is 0 Å². The quantitative estimate of drug-likeness (QED) is 0.719. The van der Waals surface area contributed by atoms with Crippen LogP contribution in [0.4, 0.5) is 0 Å². The van der Waals surface area contributed by atoms with Gasteiger partial charge in [-0.25, -0.2) is 0 Å². The molecule has 2 nitrogen and oxygen atoms in total. The van der Waals surface area contributed by atoms with E-state index in [1.807, 2.05) is 42.6 Å². The molecule has 0 aliphatic rings. The molecule has 0 atom stereocenters. The Morgan fingerprint density at radius 2 is 1.83 bits per heavy atom. The van der Waals surface area contributed by atoms with E-state index in [2.05, 4.69) is 11.1 Å². The lowest BCUT2D eigenvalue weighted by Crippen LogP contribution is -1.84. The van der Waals surface area contributed by atoms with Gasteiger partial charge in [0.25, 0.3) is 0 Å². The second kappa shape index (κ2) is 4.39. The molecular formula is C15H12ClNO. The average molecular weight is 258 g/mol. The van der Waals surface area contributed by atoms with E-state index < -0.39 is 0 Å². The number of ether oxygens (including phenoxy) is 1. The molecule has 1 heterocycles. The van der Waals surface area contributed by atoms with Gasteiger partial charge in [0, 0.05) is 22.7 Å². The summed E-state index contributed by atoms with van der Waals surface area (Å²) in [5.74, 6) is 0.845. The fraction of sp³-hybridized carbons (Fsp3) is 0.0667. The smallest absolute Gasteiger partial charge is 0.118 e. The molecule has 1 aromatic heterocycles. The van der Waals surface area contributed by atoms with E-state index in [9.17, 15) is 0 Å². The fourth-order valence-electron chi connectivity index (χ4n) is 2.07. The molecule has 0 saturated heterocycles. The zero-order valence-electron chi connectivity index (χ0n) is 9.91. The number of halogens is 1. The highest BCUT2D eigenvalue weighted by molar-refractivity contribution is 6.34. The molecule has 0 bridgehead atoms. The standard InChI is InChI=1S/C15H12ClNO/c1-18-12-4-2-10(3-5-12)13-8-11-6-7-17-15(11)9-14(13)16/h2-9,17H,1H3. The number of fused-ring (bicyclic) bond motifs is 1. The maximum atomic E-state index is 6.32. The van der Waals surface area contributed by atoms with Crippen LogP contribution < -0.4 is 4.74 Å². The van der Waals surface area contributed by atoms with Gasteiger partial charge < -0.3 is 9.72 Å². The lowest BCUT2D eigenvalue weighted by Gasteiger charge is -2.06. The summed E-state index contributed by atoms with van der Waals surface area (Å²) in [6.45, 7) is 0. The molecule has 18 heavy (non-hydrogen) atoms. The third kappa shape index (κ3) is 1.85. The Balaban J connectivity index is 2.14. The lowest BCUT2D eigenvalue weighted by atomic mass is 10.0. The van der Waals surface area contributed by atoms with Gasteiger partial charge in [0.15, 0.2) is 0 Å². The summed E-state index contributed by atoms with van der Waals surface area (Å²) < 4.78 is 5.16. The fourth-order valence-corrected chi connectivity index (χ4v) is 2.34. The molecule has 0 spiro atoms. The van der Waals surface area contributed by atoms with Crippen molar-refractivity contribution in [1.29, 1.82) is 0 Å².